The van der Waals surface area contributed by atoms with Crippen molar-refractivity contribution in [2.24, 2.45) is 5.10 Å². The highest BCUT2D eigenvalue weighted by molar-refractivity contribution is 6.33. The van der Waals surface area contributed by atoms with Gasteiger partial charge in [0.2, 0.25) is 0 Å². The van der Waals surface area contributed by atoms with E-state index in [4.69, 9.17) is 11.6 Å². The van der Waals surface area contributed by atoms with Gasteiger partial charge in [-0.3, -0.25) is 9.89 Å². The van der Waals surface area contributed by atoms with Gasteiger partial charge in [0, 0.05) is 16.8 Å². The minimum atomic E-state index is -0.499. The van der Waals surface area contributed by atoms with Gasteiger partial charge in [-0.25, -0.2) is 9.82 Å². The first-order valence-corrected chi connectivity index (χ1v) is 6.88. The fraction of sp³-hybridized carbons (Fsp3) is 0.214. The van der Waals surface area contributed by atoms with E-state index in [1.165, 1.54) is 18.3 Å². The third-order valence-electron chi connectivity index (χ3n) is 3.38. The standard InChI is InChI=1S/C14H12ClFN4O/c15-10-4-2-5-11(16)9(10)7-17-20-14(21)13-8-3-1-6-12(8)18-19-13/h2,4-5,7H,1,3,6H2,(H,18,19)(H,20,21). The van der Waals surface area contributed by atoms with Crippen molar-refractivity contribution in [1.29, 1.82) is 0 Å². The Morgan fingerprint density at radius 1 is 1.48 bits per heavy atom. The zero-order valence-electron chi connectivity index (χ0n) is 11.0. The average molecular weight is 307 g/mol. The highest BCUT2D eigenvalue weighted by Gasteiger charge is 2.22. The molecule has 2 N–H and O–H groups in total. The van der Waals surface area contributed by atoms with Crippen molar-refractivity contribution >= 4 is 23.7 Å². The predicted octanol–water partition coefficient (Wildman–Crippen LogP) is 2.45. The van der Waals surface area contributed by atoms with Crippen LogP contribution in [0.15, 0.2) is 23.3 Å². The Kier molecular flexibility index (Phi) is 3.70. The highest BCUT2D eigenvalue weighted by Crippen LogP contribution is 2.22. The van der Waals surface area contributed by atoms with Crippen LogP contribution in [0.25, 0.3) is 0 Å². The Morgan fingerprint density at radius 2 is 2.33 bits per heavy atom. The highest BCUT2D eigenvalue weighted by atomic mass is 35.5. The summed E-state index contributed by atoms with van der Waals surface area (Å²) in [5, 5.41) is 10.8. The monoisotopic (exact) mass is 306 g/mol. The number of benzene rings is 1. The SMILES string of the molecule is O=C(NN=Cc1c(F)cccc1Cl)c1n[nH]c2c1CCC2. The van der Waals surface area contributed by atoms with Gasteiger partial charge in [0.05, 0.1) is 11.2 Å². The van der Waals surface area contributed by atoms with Crippen molar-refractivity contribution in [3.8, 4) is 0 Å². The number of hydrogen-bond donors (Lipinski definition) is 2. The third-order valence-corrected chi connectivity index (χ3v) is 3.71. The van der Waals surface area contributed by atoms with Gasteiger partial charge in [-0.05, 0) is 31.4 Å². The second-order valence-electron chi connectivity index (χ2n) is 4.72. The van der Waals surface area contributed by atoms with Crippen molar-refractivity contribution < 1.29 is 9.18 Å². The number of nitrogens with one attached hydrogen (secondary N) is 2. The molecule has 0 fully saturated rings. The summed E-state index contributed by atoms with van der Waals surface area (Å²) in [5.74, 6) is -0.917. The Morgan fingerprint density at radius 3 is 3.14 bits per heavy atom. The van der Waals surface area contributed by atoms with Gasteiger partial charge in [-0.2, -0.15) is 10.2 Å². The van der Waals surface area contributed by atoms with E-state index in [0.29, 0.717) is 5.69 Å². The first-order chi connectivity index (χ1) is 10.2. The summed E-state index contributed by atoms with van der Waals surface area (Å²) in [6, 6.07) is 4.32. The fourth-order valence-electron chi connectivity index (χ4n) is 2.35. The number of amides is 1. The Hall–Kier alpha value is -2.21. The van der Waals surface area contributed by atoms with Gasteiger partial charge in [0.1, 0.15) is 5.82 Å². The maximum Gasteiger partial charge on any atom is 0.292 e. The van der Waals surface area contributed by atoms with Gasteiger partial charge in [0.15, 0.2) is 5.69 Å². The minimum Gasteiger partial charge on any atom is -0.281 e. The van der Waals surface area contributed by atoms with Crippen LogP contribution in [-0.2, 0) is 12.8 Å². The molecule has 0 saturated carbocycles. The van der Waals surface area contributed by atoms with Crippen LogP contribution in [-0.4, -0.2) is 22.3 Å². The van der Waals surface area contributed by atoms with Crippen LogP contribution in [0.4, 0.5) is 4.39 Å². The summed E-state index contributed by atoms with van der Waals surface area (Å²) in [6.07, 6.45) is 3.93. The van der Waals surface area contributed by atoms with Crippen LogP contribution in [0.3, 0.4) is 0 Å². The molecule has 5 nitrogen and oxygen atoms in total. The smallest absolute Gasteiger partial charge is 0.281 e. The predicted molar refractivity (Wildman–Crippen MR) is 77.1 cm³/mol. The molecule has 0 unspecified atom stereocenters. The zero-order valence-corrected chi connectivity index (χ0v) is 11.7. The summed E-state index contributed by atoms with van der Waals surface area (Å²) in [4.78, 5) is 12.0. The van der Waals surface area contributed by atoms with E-state index in [2.05, 4.69) is 20.7 Å². The lowest BCUT2D eigenvalue weighted by Crippen LogP contribution is -2.19. The lowest BCUT2D eigenvalue weighted by atomic mass is 10.2. The van der Waals surface area contributed by atoms with E-state index in [9.17, 15) is 9.18 Å². The fourth-order valence-corrected chi connectivity index (χ4v) is 2.56. The molecule has 7 heteroatoms. The number of hydrazone groups is 1. The molecule has 0 saturated heterocycles. The van der Waals surface area contributed by atoms with Crippen molar-refractivity contribution in [3.63, 3.8) is 0 Å². The number of carbonyl (C=O) groups excluding carboxylic acids is 1. The molecule has 1 aliphatic rings. The number of fused-ring (bicyclic) bond motifs is 1. The topological polar surface area (TPSA) is 70.1 Å². The Labute approximate surface area is 125 Å². The van der Waals surface area contributed by atoms with Gasteiger partial charge >= 0.3 is 0 Å². The second-order valence-corrected chi connectivity index (χ2v) is 5.12. The number of aromatic amines is 1. The molecule has 108 valence electrons. The molecule has 3 rings (SSSR count). The number of carbonyl (C=O) groups is 1. The van der Waals surface area contributed by atoms with E-state index >= 15 is 0 Å². The quantitative estimate of drug-likeness (QED) is 0.675. The molecule has 0 aliphatic heterocycles. The molecular formula is C14H12ClFN4O. The van der Waals surface area contributed by atoms with E-state index in [-0.39, 0.29) is 10.6 Å². The van der Waals surface area contributed by atoms with Crippen LogP contribution >= 0.6 is 11.6 Å². The molecule has 21 heavy (non-hydrogen) atoms. The van der Waals surface area contributed by atoms with Crippen LogP contribution < -0.4 is 5.43 Å². The lowest BCUT2D eigenvalue weighted by molar-refractivity contribution is 0.0949. The summed E-state index contributed by atoms with van der Waals surface area (Å²) >= 11 is 5.86. The summed E-state index contributed by atoms with van der Waals surface area (Å²) in [6.45, 7) is 0. The molecule has 0 radical (unpaired) electrons. The maximum atomic E-state index is 13.5. The third kappa shape index (κ3) is 2.67. The van der Waals surface area contributed by atoms with Gasteiger partial charge in [0.25, 0.3) is 5.91 Å². The maximum absolute atomic E-state index is 13.5. The van der Waals surface area contributed by atoms with Crippen LogP contribution in [0.1, 0.15) is 33.7 Å². The van der Waals surface area contributed by atoms with Gasteiger partial charge < -0.3 is 0 Å². The number of halogens is 2. The largest absolute Gasteiger partial charge is 0.292 e. The lowest BCUT2D eigenvalue weighted by Gasteiger charge is -2.00. The van der Waals surface area contributed by atoms with E-state index in [1.807, 2.05) is 0 Å². The average Bonchev–Trinajstić information content (AvgIpc) is 3.04. The van der Waals surface area contributed by atoms with Crippen molar-refractivity contribution in [2.45, 2.75) is 19.3 Å². The number of rotatable bonds is 3. The Bertz CT molecular complexity index is 706. The summed E-state index contributed by atoms with van der Waals surface area (Å²) in [5.41, 5.74) is 4.76. The molecule has 0 atom stereocenters. The summed E-state index contributed by atoms with van der Waals surface area (Å²) < 4.78 is 13.5. The zero-order chi connectivity index (χ0) is 14.8. The van der Waals surface area contributed by atoms with Crippen molar-refractivity contribution in [1.82, 2.24) is 15.6 Å². The molecular weight excluding hydrogens is 295 g/mol. The van der Waals surface area contributed by atoms with Crippen molar-refractivity contribution in [3.05, 3.63) is 51.6 Å². The van der Waals surface area contributed by atoms with Crippen LogP contribution in [0.5, 0.6) is 0 Å². The molecule has 1 aromatic heterocycles. The first kappa shape index (κ1) is 13.8. The van der Waals surface area contributed by atoms with E-state index < -0.39 is 11.7 Å². The van der Waals surface area contributed by atoms with E-state index in [0.717, 1.165) is 30.5 Å². The normalized spacial score (nSPS) is 13.6. The van der Waals surface area contributed by atoms with Crippen LogP contribution in [0, 0.1) is 5.82 Å². The molecule has 0 bridgehead atoms. The van der Waals surface area contributed by atoms with Gasteiger partial charge in [-0.1, -0.05) is 17.7 Å². The van der Waals surface area contributed by atoms with E-state index in [1.54, 1.807) is 6.07 Å². The van der Waals surface area contributed by atoms with Crippen LogP contribution in [0.2, 0.25) is 5.02 Å². The summed E-state index contributed by atoms with van der Waals surface area (Å²) in [7, 11) is 0. The molecule has 1 aliphatic carbocycles. The first-order valence-electron chi connectivity index (χ1n) is 6.50. The number of nitrogens with zero attached hydrogens (tertiary/aromatic N) is 2. The number of aromatic nitrogens is 2. The molecule has 2 aromatic rings. The molecule has 0 spiro atoms. The molecule has 1 amide bonds. The second kappa shape index (κ2) is 5.65. The Balaban J connectivity index is 1.72. The number of hydrogen-bond acceptors (Lipinski definition) is 3. The number of H-pyrrole nitrogens is 1. The molecule has 1 heterocycles. The minimum absolute atomic E-state index is 0.131. The van der Waals surface area contributed by atoms with Crippen molar-refractivity contribution in [2.75, 3.05) is 0 Å². The molecule has 1 aromatic carbocycles. The van der Waals surface area contributed by atoms with Gasteiger partial charge in [-0.15, -0.1) is 0 Å². The number of aryl methyl sites for hydroxylation is 1.